The van der Waals surface area contributed by atoms with Crippen molar-refractivity contribution in [1.82, 2.24) is 5.32 Å². The van der Waals surface area contributed by atoms with Crippen LogP contribution in [0.5, 0.6) is 0 Å². The van der Waals surface area contributed by atoms with Gasteiger partial charge < -0.3 is 11.1 Å². The van der Waals surface area contributed by atoms with Crippen LogP contribution in [0.4, 0.5) is 8.78 Å². The second-order valence-corrected chi connectivity index (χ2v) is 3.48. The Hall–Kier alpha value is -0.220. The Kier molecular flexibility index (Phi) is 3.40. The number of piperidine rings is 1. The molecular weight excluding hydrogens is 162 g/mol. The van der Waals surface area contributed by atoms with Crippen LogP contribution in [0.2, 0.25) is 0 Å². The molecule has 0 radical (unpaired) electrons. The Bertz CT molecular complexity index is 128. The maximum Gasteiger partial charge on any atom is 0.245 e. The zero-order valence-corrected chi connectivity index (χ0v) is 7.15. The summed E-state index contributed by atoms with van der Waals surface area (Å²) in [6.07, 6.45) is -0.370. The van der Waals surface area contributed by atoms with Gasteiger partial charge >= 0.3 is 0 Å². The van der Waals surface area contributed by atoms with Gasteiger partial charge in [-0.15, -0.1) is 0 Å². The first-order chi connectivity index (χ1) is 5.71. The molecule has 1 fully saturated rings. The minimum Gasteiger partial charge on any atom is -0.330 e. The van der Waals surface area contributed by atoms with Gasteiger partial charge in [0.2, 0.25) is 6.43 Å². The molecule has 2 nitrogen and oxygen atoms in total. The van der Waals surface area contributed by atoms with Crippen molar-refractivity contribution in [2.24, 2.45) is 11.1 Å². The van der Waals surface area contributed by atoms with Gasteiger partial charge in [-0.05, 0) is 32.4 Å². The number of hydrogen-bond acceptors (Lipinski definition) is 2. The molecule has 1 heterocycles. The van der Waals surface area contributed by atoms with Crippen molar-refractivity contribution >= 4 is 0 Å². The van der Waals surface area contributed by atoms with E-state index in [2.05, 4.69) is 5.32 Å². The van der Waals surface area contributed by atoms with E-state index in [1.807, 2.05) is 0 Å². The molecule has 0 aromatic heterocycles. The fraction of sp³-hybridized carbons (Fsp3) is 1.00. The van der Waals surface area contributed by atoms with Gasteiger partial charge in [0.25, 0.3) is 0 Å². The molecule has 0 aromatic carbocycles. The van der Waals surface area contributed by atoms with E-state index in [4.69, 9.17) is 5.73 Å². The summed E-state index contributed by atoms with van der Waals surface area (Å²) in [7, 11) is 0. The van der Waals surface area contributed by atoms with Crippen molar-refractivity contribution in [3.05, 3.63) is 0 Å². The highest BCUT2D eigenvalue weighted by Gasteiger charge is 2.39. The van der Waals surface area contributed by atoms with Gasteiger partial charge in [0.15, 0.2) is 0 Å². The monoisotopic (exact) mass is 178 g/mol. The second kappa shape index (κ2) is 4.14. The lowest BCUT2D eigenvalue weighted by atomic mass is 9.78. The van der Waals surface area contributed by atoms with E-state index in [0.717, 1.165) is 13.0 Å². The van der Waals surface area contributed by atoms with Gasteiger partial charge in [0, 0.05) is 12.0 Å². The SMILES string of the molecule is NCCC1(C(F)F)CCCNC1. The molecule has 0 amide bonds. The number of nitrogens with two attached hydrogens (primary N) is 1. The molecule has 72 valence electrons. The van der Waals surface area contributed by atoms with Crippen molar-refractivity contribution < 1.29 is 8.78 Å². The highest BCUT2D eigenvalue weighted by atomic mass is 19.3. The summed E-state index contributed by atoms with van der Waals surface area (Å²) in [5.41, 5.74) is 4.48. The van der Waals surface area contributed by atoms with Crippen molar-refractivity contribution in [1.29, 1.82) is 0 Å². The van der Waals surface area contributed by atoms with Crippen LogP contribution in [0, 0.1) is 5.41 Å². The number of rotatable bonds is 3. The van der Waals surface area contributed by atoms with Crippen LogP contribution >= 0.6 is 0 Å². The fourth-order valence-electron chi connectivity index (χ4n) is 1.79. The topological polar surface area (TPSA) is 38.0 Å². The number of alkyl halides is 2. The Balaban J connectivity index is 2.56. The minimum absolute atomic E-state index is 0.353. The highest BCUT2D eigenvalue weighted by molar-refractivity contribution is 4.87. The fourth-order valence-corrected chi connectivity index (χ4v) is 1.79. The zero-order chi connectivity index (χ0) is 9.03. The van der Waals surface area contributed by atoms with Crippen LogP contribution in [-0.2, 0) is 0 Å². The predicted molar refractivity (Wildman–Crippen MR) is 44.2 cm³/mol. The summed E-state index contributed by atoms with van der Waals surface area (Å²) in [4.78, 5) is 0. The Morgan fingerprint density at radius 2 is 2.25 bits per heavy atom. The summed E-state index contributed by atoms with van der Waals surface area (Å²) >= 11 is 0. The maximum absolute atomic E-state index is 12.7. The van der Waals surface area contributed by atoms with Gasteiger partial charge in [-0.1, -0.05) is 0 Å². The quantitative estimate of drug-likeness (QED) is 0.675. The lowest BCUT2D eigenvalue weighted by Crippen LogP contribution is -2.45. The van der Waals surface area contributed by atoms with E-state index in [0.29, 0.717) is 25.9 Å². The summed E-state index contributed by atoms with van der Waals surface area (Å²) < 4.78 is 25.3. The molecule has 1 unspecified atom stereocenters. The molecule has 1 atom stereocenters. The molecular formula is C8H16F2N2. The number of halogens is 2. The molecule has 0 bridgehead atoms. The van der Waals surface area contributed by atoms with Crippen molar-refractivity contribution in [3.63, 3.8) is 0 Å². The van der Waals surface area contributed by atoms with Crippen molar-refractivity contribution in [2.45, 2.75) is 25.7 Å². The smallest absolute Gasteiger partial charge is 0.245 e. The molecule has 1 aliphatic heterocycles. The largest absolute Gasteiger partial charge is 0.330 e. The molecule has 0 spiro atoms. The summed E-state index contributed by atoms with van der Waals surface area (Å²) in [5, 5.41) is 3.01. The zero-order valence-electron chi connectivity index (χ0n) is 7.15. The average Bonchev–Trinajstić information content (AvgIpc) is 2.06. The first-order valence-corrected chi connectivity index (χ1v) is 4.40. The highest BCUT2D eigenvalue weighted by Crippen LogP contribution is 2.36. The van der Waals surface area contributed by atoms with Crippen molar-refractivity contribution in [2.75, 3.05) is 19.6 Å². The molecule has 0 aromatic rings. The molecule has 3 N–H and O–H groups in total. The molecule has 0 aliphatic carbocycles. The first-order valence-electron chi connectivity index (χ1n) is 4.40. The van der Waals surface area contributed by atoms with E-state index >= 15 is 0 Å². The molecule has 1 aliphatic rings. The van der Waals surface area contributed by atoms with Crippen LogP contribution in [-0.4, -0.2) is 26.1 Å². The third-order valence-corrected chi connectivity index (χ3v) is 2.61. The maximum atomic E-state index is 12.7. The number of nitrogens with one attached hydrogen (secondary N) is 1. The van der Waals surface area contributed by atoms with Gasteiger partial charge in [0.1, 0.15) is 0 Å². The van der Waals surface area contributed by atoms with Gasteiger partial charge in [-0.2, -0.15) is 0 Å². The lowest BCUT2D eigenvalue weighted by Gasteiger charge is -2.36. The normalized spacial score (nSPS) is 31.0. The van der Waals surface area contributed by atoms with Gasteiger partial charge in [0.05, 0.1) is 0 Å². The van der Waals surface area contributed by atoms with Crippen LogP contribution in [0.1, 0.15) is 19.3 Å². The Morgan fingerprint density at radius 3 is 2.67 bits per heavy atom. The Morgan fingerprint density at radius 1 is 1.50 bits per heavy atom. The second-order valence-electron chi connectivity index (χ2n) is 3.48. The van der Waals surface area contributed by atoms with Crippen molar-refractivity contribution in [3.8, 4) is 0 Å². The van der Waals surface area contributed by atoms with Crippen LogP contribution in [0.15, 0.2) is 0 Å². The molecule has 4 heteroatoms. The summed E-state index contributed by atoms with van der Waals surface area (Å²) in [6.45, 7) is 1.63. The molecule has 1 rings (SSSR count). The van der Waals surface area contributed by atoms with E-state index in [-0.39, 0.29) is 0 Å². The number of hydrogen-bond donors (Lipinski definition) is 2. The summed E-state index contributed by atoms with van der Waals surface area (Å²) in [5.74, 6) is 0. The van der Waals surface area contributed by atoms with Crippen LogP contribution in [0.25, 0.3) is 0 Å². The lowest BCUT2D eigenvalue weighted by molar-refractivity contribution is -0.0258. The third kappa shape index (κ3) is 1.93. The summed E-state index contributed by atoms with van der Waals surface area (Å²) in [6, 6.07) is 0. The standard InChI is InChI=1S/C8H16F2N2/c9-7(10)8(3-4-11)2-1-5-12-6-8/h7,12H,1-6,11H2. The Labute approximate surface area is 71.5 Å². The minimum atomic E-state index is -2.24. The third-order valence-electron chi connectivity index (χ3n) is 2.61. The predicted octanol–water partition coefficient (Wildman–Crippen LogP) is 0.970. The van der Waals surface area contributed by atoms with E-state index in [9.17, 15) is 8.78 Å². The van der Waals surface area contributed by atoms with Gasteiger partial charge in [-0.3, -0.25) is 0 Å². The van der Waals surface area contributed by atoms with Crippen LogP contribution < -0.4 is 11.1 Å². The molecule has 0 saturated carbocycles. The molecule has 1 saturated heterocycles. The van der Waals surface area contributed by atoms with Gasteiger partial charge in [-0.25, -0.2) is 8.78 Å². The first kappa shape index (κ1) is 9.86. The van der Waals surface area contributed by atoms with Crippen LogP contribution in [0.3, 0.4) is 0 Å². The van der Waals surface area contributed by atoms with E-state index in [1.54, 1.807) is 0 Å². The average molecular weight is 178 g/mol. The van der Waals surface area contributed by atoms with E-state index < -0.39 is 11.8 Å². The van der Waals surface area contributed by atoms with E-state index in [1.165, 1.54) is 0 Å². The molecule has 12 heavy (non-hydrogen) atoms.